The van der Waals surface area contributed by atoms with Crippen LogP contribution < -0.4 is 10.2 Å². The van der Waals surface area contributed by atoms with E-state index < -0.39 is 0 Å². The number of carbonyl (C=O) groups excluding carboxylic acids is 3. The molecule has 1 aliphatic carbocycles. The Hall–Kier alpha value is -3.06. The monoisotopic (exact) mass is 482 g/mol. The van der Waals surface area contributed by atoms with Crippen molar-refractivity contribution in [3.05, 3.63) is 58.6 Å². The number of halogens is 1. The van der Waals surface area contributed by atoms with Gasteiger partial charge < -0.3 is 20.0 Å². The largest absolute Gasteiger partial charge is 0.367 e. The number of rotatable bonds is 7. The Labute approximate surface area is 205 Å². The second-order valence-electron chi connectivity index (χ2n) is 8.76. The molecule has 2 fully saturated rings. The van der Waals surface area contributed by atoms with Crippen LogP contribution in [0.15, 0.2) is 42.5 Å². The van der Waals surface area contributed by atoms with Gasteiger partial charge in [-0.1, -0.05) is 11.6 Å². The first kappa shape index (κ1) is 24.1. The van der Waals surface area contributed by atoms with E-state index in [0.29, 0.717) is 61.1 Å². The third kappa shape index (κ3) is 5.36. The lowest BCUT2D eigenvalue weighted by atomic mass is 10.1. The van der Waals surface area contributed by atoms with Crippen LogP contribution in [0.4, 0.5) is 11.4 Å². The van der Waals surface area contributed by atoms with Gasteiger partial charge in [-0.05, 0) is 69.2 Å². The molecule has 1 saturated heterocycles. The van der Waals surface area contributed by atoms with Crippen molar-refractivity contribution in [1.82, 2.24) is 9.80 Å². The Morgan fingerprint density at radius 1 is 0.971 bits per heavy atom. The minimum absolute atomic E-state index is 0.0703. The molecule has 0 spiro atoms. The summed E-state index contributed by atoms with van der Waals surface area (Å²) in [6, 6.07) is 12.1. The zero-order valence-corrected chi connectivity index (χ0v) is 20.5. The molecule has 1 aliphatic heterocycles. The molecule has 1 N–H and O–H groups in total. The normalized spacial score (nSPS) is 15.7. The molecular formula is C26H31ClN4O3. The fourth-order valence-corrected chi connectivity index (χ4v) is 4.43. The second kappa shape index (κ2) is 10.5. The van der Waals surface area contributed by atoms with E-state index in [1.165, 1.54) is 0 Å². The molecular weight excluding hydrogens is 452 g/mol. The van der Waals surface area contributed by atoms with Crippen LogP contribution in [-0.4, -0.2) is 66.8 Å². The molecule has 0 radical (unpaired) electrons. The highest BCUT2D eigenvalue weighted by Gasteiger charge is 2.35. The summed E-state index contributed by atoms with van der Waals surface area (Å²) < 4.78 is 0. The fourth-order valence-electron chi connectivity index (χ4n) is 4.30. The smallest absolute Gasteiger partial charge is 0.256 e. The van der Waals surface area contributed by atoms with Gasteiger partial charge >= 0.3 is 0 Å². The van der Waals surface area contributed by atoms with Crippen LogP contribution in [-0.2, 0) is 4.79 Å². The summed E-state index contributed by atoms with van der Waals surface area (Å²) in [6.07, 6.45) is 2.01. The number of anilines is 2. The summed E-state index contributed by atoms with van der Waals surface area (Å²) in [7, 11) is 0. The number of carbonyl (C=O) groups is 3. The molecule has 1 heterocycles. The van der Waals surface area contributed by atoms with E-state index in [1.54, 1.807) is 35.2 Å². The molecule has 0 aromatic heterocycles. The maximum Gasteiger partial charge on any atom is 0.256 e. The van der Waals surface area contributed by atoms with Crippen molar-refractivity contribution in [2.75, 3.05) is 49.5 Å². The highest BCUT2D eigenvalue weighted by Crippen LogP contribution is 2.32. The van der Waals surface area contributed by atoms with Gasteiger partial charge in [-0.25, -0.2) is 0 Å². The van der Waals surface area contributed by atoms with Gasteiger partial charge in [0.05, 0.1) is 5.56 Å². The minimum Gasteiger partial charge on any atom is -0.367 e. The first-order valence-corrected chi connectivity index (χ1v) is 12.3. The minimum atomic E-state index is -0.266. The maximum absolute atomic E-state index is 13.4. The standard InChI is InChI=1S/C26H31ClN4O3/c1-3-29(4-2)26(34)22-17-21(28-24(32)18-7-9-20(27)10-8-18)11-12-23(22)30-13-15-31(16-14-30)25(33)19-5-6-19/h7-12,17,19H,3-6,13-16H2,1-2H3,(H,28,32). The average Bonchev–Trinajstić information content (AvgIpc) is 3.70. The van der Waals surface area contributed by atoms with Gasteiger partial charge in [-0.15, -0.1) is 0 Å². The predicted molar refractivity (Wildman–Crippen MR) is 135 cm³/mol. The van der Waals surface area contributed by atoms with Crippen molar-refractivity contribution in [1.29, 1.82) is 0 Å². The Balaban J connectivity index is 1.55. The Morgan fingerprint density at radius 2 is 1.62 bits per heavy atom. The van der Waals surface area contributed by atoms with E-state index in [-0.39, 0.29) is 23.6 Å². The van der Waals surface area contributed by atoms with E-state index in [4.69, 9.17) is 11.6 Å². The van der Waals surface area contributed by atoms with Crippen LogP contribution in [0.5, 0.6) is 0 Å². The zero-order valence-electron chi connectivity index (χ0n) is 19.7. The Morgan fingerprint density at radius 3 is 2.21 bits per heavy atom. The summed E-state index contributed by atoms with van der Waals surface area (Å²) in [5.41, 5.74) is 2.43. The lowest BCUT2D eigenvalue weighted by Crippen LogP contribution is -2.49. The summed E-state index contributed by atoms with van der Waals surface area (Å²) >= 11 is 5.93. The van der Waals surface area contributed by atoms with Gasteiger partial charge in [0.15, 0.2) is 0 Å². The van der Waals surface area contributed by atoms with Crippen molar-refractivity contribution in [3.63, 3.8) is 0 Å². The van der Waals surface area contributed by atoms with Gasteiger partial charge in [0.1, 0.15) is 0 Å². The predicted octanol–water partition coefficient (Wildman–Crippen LogP) is 4.13. The van der Waals surface area contributed by atoms with E-state index in [2.05, 4.69) is 10.2 Å². The van der Waals surface area contributed by atoms with Crippen LogP contribution in [0.1, 0.15) is 47.4 Å². The third-order valence-electron chi connectivity index (χ3n) is 6.50. The molecule has 180 valence electrons. The lowest BCUT2D eigenvalue weighted by molar-refractivity contribution is -0.132. The summed E-state index contributed by atoms with van der Waals surface area (Å²) in [5.74, 6) is 0.145. The molecule has 2 aromatic carbocycles. The van der Waals surface area contributed by atoms with Gasteiger partial charge in [-0.2, -0.15) is 0 Å². The molecule has 0 unspecified atom stereocenters. The van der Waals surface area contributed by atoms with Crippen molar-refractivity contribution in [2.45, 2.75) is 26.7 Å². The summed E-state index contributed by atoms with van der Waals surface area (Å²) in [4.78, 5) is 44.4. The fraction of sp³-hybridized carbons (Fsp3) is 0.423. The second-order valence-corrected chi connectivity index (χ2v) is 9.19. The molecule has 2 aliphatic rings. The summed E-state index contributed by atoms with van der Waals surface area (Å²) in [5, 5.41) is 3.46. The van der Waals surface area contributed by atoms with E-state index in [0.717, 1.165) is 18.5 Å². The molecule has 8 heteroatoms. The molecule has 2 aromatic rings. The van der Waals surface area contributed by atoms with Crippen LogP contribution >= 0.6 is 11.6 Å². The Bertz CT molecular complexity index is 1060. The molecule has 0 atom stereocenters. The molecule has 1 saturated carbocycles. The number of hydrogen-bond acceptors (Lipinski definition) is 4. The van der Waals surface area contributed by atoms with Crippen molar-refractivity contribution >= 4 is 40.7 Å². The van der Waals surface area contributed by atoms with Crippen LogP contribution in [0.3, 0.4) is 0 Å². The van der Waals surface area contributed by atoms with E-state index in [9.17, 15) is 14.4 Å². The highest BCUT2D eigenvalue weighted by atomic mass is 35.5. The maximum atomic E-state index is 13.4. The molecule has 34 heavy (non-hydrogen) atoms. The highest BCUT2D eigenvalue weighted by molar-refractivity contribution is 6.30. The number of benzene rings is 2. The van der Waals surface area contributed by atoms with Crippen molar-refractivity contribution in [3.8, 4) is 0 Å². The van der Waals surface area contributed by atoms with E-state index >= 15 is 0 Å². The van der Waals surface area contributed by atoms with Crippen LogP contribution in [0, 0.1) is 5.92 Å². The first-order chi connectivity index (χ1) is 16.4. The number of amides is 3. The average molecular weight is 483 g/mol. The van der Waals surface area contributed by atoms with Crippen molar-refractivity contribution < 1.29 is 14.4 Å². The number of hydrogen-bond donors (Lipinski definition) is 1. The van der Waals surface area contributed by atoms with Crippen LogP contribution in [0.2, 0.25) is 5.02 Å². The first-order valence-electron chi connectivity index (χ1n) is 11.9. The SMILES string of the molecule is CCN(CC)C(=O)c1cc(NC(=O)c2ccc(Cl)cc2)ccc1N1CCN(C(=O)C2CC2)CC1. The van der Waals surface area contributed by atoms with Gasteiger partial charge in [0.2, 0.25) is 5.91 Å². The lowest BCUT2D eigenvalue weighted by Gasteiger charge is -2.37. The van der Waals surface area contributed by atoms with Crippen LogP contribution in [0.25, 0.3) is 0 Å². The molecule has 7 nitrogen and oxygen atoms in total. The van der Waals surface area contributed by atoms with E-state index in [1.807, 2.05) is 30.9 Å². The Kier molecular flexibility index (Phi) is 7.41. The molecule has 4 rings (SSSR count). The number of nitrogens with one attached hydrogen (secondary N) is 1. The third-order valence-corrected chi connectivity index (χ3v) is 6.75. The van der Waals surface area contributed by atoms with Gasteiger partial charge in [0, 0.05) is 67.1 Å². The van der Waals surface area contributed by atoms with Crippen molar-refractivity contribution in [2.24, 2.45) is 5.92 Å². The van der Waals surface area contributed by atoms with Gasteiger partial charge in [0.25, 0.3) is 11.8 Å². The summed E-state index contributed by atoms with van der Waals surface area (Å²) in [6.45, 7) is 7.76. The zero-order chi connectivity index (χ0) is 24.2. The number of piperazine rings is 1. The molecule has 0 bridgehead atoms. The number of nitrogens with zero attached hydrogens (tertiary/aromatic N) is 3. The van der Waals surface area contributed by atoms with Gasteiger partial charge in [-0.3, -0.25) is 14.4 Å². The topological polar surface area (TPSA) is 73.0 Å². The molecule has 3 amide bonds. The quantitative estimate of drug-likeness (QED) is 0.644.